The fourth-order valence-corrected chi connectivity index (χ4v) is 0.701. The lowest BCUT2D eigenvalue weighted by molar-refractivity contribution is -0.127. The van der Waals surface area contributed by atoms with Crippen molar-refractivity contribution in [3.8, 4) is 0 Å². The second-order valence-corrected chi connectivity index (χ2v) is 5.13. The lowest BCUT2D eigenvalue weighted by Gasteiger charge is -2.28. The molecule has 76 valence electrons. The summed E-state index contributed by atoms with van der Waals surface area (Å²) in [6, 6.07) is 0. The van der Waals surface area contributed by atoms with Crippen molar-refractivity contribution >= 4 is 23.1 Å². The van der Waals surface area contributed by atoms with Gasteiger partial charge in [-0.2, -0.15) is 0 Å². The number of rotatable bonds is 2. The van der Waals surface area contributed by atoms with Gasteiger partial charge >= 0.3 is 0 Å². The summed E-state index contributed by atoms with van der Waals surface area (Å²) >= 11 is 4.81. The topological polar surface area (TPSA) is 55.1 Å². The Kier molecular flexibility index (Phi) is 3.44. The molecule has 0 aliphatic heterocycles. The molecular formula is C9H18N2OS. The quantitative estimate of drug-likeness (QED) is 0.662. The first-order chi connectivity index (χ1) is 5.57. The minimum atomic E-state index is -0.775. The van der Waals surface area contributed by atoms with Gasteiger partial charge in [-0.25, -0.2) is 0 Å². The molecule has 0 saturated carbocycles. The molecule has 0 atom stereocenters. The highest BCUT2D eigenvalue weighted by Crippen LogP contribution is 2.17. The van der Waals surface area contributed by atoms with Crippen LogP contribution in [0.15, 0.2) is 0 Å². The molecule has 0 spiro atoms. The number of hydrogen-bond acceptors (Lipinski definition) is 2. The highest BCUT2D eigenvalue weighted by atomic mass is 32.1. The molecule has 13 heavy (non-hydrogen) atoms. The van der Waals surface area contributed by atoms with Gasteiger partial charge in [0, 0.05) is 5.54 Å². The minimum Gasteiger partial charge on any atom is -0.392 e. The van der Waals surface area contributed by atoms with E-state index in [1.165, 1.54) is 0 Å². The fraction of sp³-hybridized carbons (Fsp3) is 0.778. The number of hydrogen-bond donors (Lipinski definition) is 2. The van der Waals surface area contributed by atoms with E-state index in [1.807, 2.05) is 20.8 Å². The number of amides is 1. The summed E-state index contributed by atoms with van der Waals surface area (Å²) in [6.07, 6.45) is 0. The minimum absolute atomic E-state index is 0.132. The Morgan fingerprint density at radius 3 is 1.85 bits per heavy atom. The van der Waals surface area contributed by atoms with Crippen molar-refractivity contribution in [2.75, 3.05) is 0 Å². The van der Waals surface area contributed by atoms with Crippen LogP contribution in [0.2, 0.25) is 0 Å². The Labute approximate surface area is 85.1 Å². The largest absolute Gasteiger partial charge is 0.392 e. The van der Waals surface area contributed by atoms with E-state index < -0.39 is 5.41 Å². The third-order valence-electron chi connectivity index (χ3n) is 1.67. The van der Waals surface area contributed by atoms with Crippen LogP contribution in [0.1, 0.15) is 34.6 Å². The molecule has 3 N–H and O–H groups in total. The van der Waals surface area contributed by atoms with Crippen LogP contribution in [-0.2, 0) is 4.79 Å². The monoisotopic (exact) mass is 202 g/mol. The summed E-state index contributed by atoms with van der Waals surface area (Å²) in [7, 11) is 0. The Morgan fingerprint density at radius 1 is 1.23 bits per heavy atom. The van der Waals surface area contributed by atoms with Crippen LogP contribution in [0, 0.1) is 5.41 Å². The maximum absolute atomic E-state index is 11.6. The molecule has 0 heterocycles. The Morgan fingerprint density at radius 2 is 1.62 bits per heavy atom. The molecule has 0 radical (unpaired) electrons. The summed E-state index contributed by atoms with van der Waals surface area (Å²) in [4.78, 5) is 11.9. The number of carbonyl (C=O) groups is 1. The molecule has 0 aromatic heterocycles. The van der Waals surface area contributed by atoms with Crippen LogP contribution in [0.4, 0.5) is 0 Å². The predicted octanol–water partition coefficient (Wildman–Crippen LogP) is 1.21. The van der Waals surface area contributed by atoms with E-state index in [0.717, 1.165) is 0 Å². The van der Waals surface area contributed by atoms with E-state index in [4.69, 9.17) is 18.0 Å². The van der Waals surface area contributed by atoms with E-state index in [9.17, 15) is 4.79 Å². The van der Waals surface area contributed by atoms with Crippen molar-refractivity contribution < 1.29 is 4.79 Å². The Bertz CT molecular complexity index is 228. The van der Waals surface area contributed by atoms with Crippen molar-refractivity contribution in [1.82, 2.24) is 5.32 Å². The fourth-order valence-electron chi connectivity index (χ4n) is 0.609. The van der Waals surface area contributed by atoms with Crippen molar-refractivity contribution in [2.24, 2.45) is 11.1 Å². The highest BCUT2D eigenvalue weighted by molar-refractivity contribution is 7.80. The molecular weight excluding hydrogens is 184 g/mol. The van der Waals surface area contributed by atoms with Crippen molar-refractivity contribution in [3.63, 3.8) is 0 Å². The van der Waals surface area contributed by atoms with Crippen molar-refractivity contribution in [2.45, 2.75) is 40.2 Å². The third kappa shape index (κ3) is 3.72. The number of carbonyl (C=O) groups excluding carboxylic acids is 1. The summed E-state index contributed by atoms with van der Waals surface area (Å²) in [6.45, 7) is 9.19. The van der Waals surface area contributed by atoms with Gasteiger partial charge in [0.15, 0.2) is 0 Å². The van der Waals surface area contributed by atoms with Crippen molar-refractivity contribution in [3.05, 3.63) is 0 Å². The van der Waals surface area contributed by atoms with Crippen LogP contribution in [0.5, 0.6) is 0 Å². The summed E-state index contributed by atoms with van der Waals surface area (Å²) in [5.74, 6) is -0.132. The third-order valence-corrected chi connectivity index (χ3v) is 2.18. The van der Waals surface area contributed by atoms with E-state index in [0.29, 0.717) is 0 Å². The van der Waals surface area contributed by atoms with Crippen LogP contribution in [0.3, 0.4) is 0 Å². The van der Waals surface area contributed by atoms with Gasteiger partial charge in [-0.3, -0.25) is 4.79 Å². The Balaban J connectivity index is 4.53. The van der Waals surface area contributed by atoms with E-state index >= 15 is 0 Å². The molecule has 0 aliphatic carbocycles. The first-order valence-corrected chi connectivity index (χ1v) is 4.61. The zero-order valence-electron chi connectivity index (χ0n) is 8.89. The van der Waals surface area contributed by atoms with E-state index in [1.54, 1.807) is 13.8 Å². The second kappa shape index (κ2) is 3.62. The Hall–Kier alpha value is -0.640. The number of nitrogens with one attached hydrogen (secondary N) is 1. The molecule has 1 amide bonds. The van der Waals surface area contributed by atoms with Gasteiger partial charge in [-0.05, 0) is 34.6 Å². The van der Waals surface area contributed by atoms with Gasteiger partial charge < -0.3 is 11.1 Å². The molecule has 0 saturated heterocycles. The van der Waals surface area contributed by atoms with E-state index in [2.05, 4.69) is 5.32 Å². The molecule has 0 bridgehead atoms. The van der Waals surface area contributed by atoms with Crippen LogP contribution >= 0.6 is 12.2 Å². The molecule has 0 aliphatic rings. The molecule has 0 aromatic rings. The average Bonchev–Trinajstić information content (AvgIpc) is 1.82. The number of thiocarbonyl (C=S) groups is 1. The van der Waals surface area contributed by atoms with Gasteiger partial charge in [-0.1, -0.05) is 12.2 Å². The normalized spacial score (nSPS) is 12.4. The van der Waals surface area contributed by atoms with Gasteiger partial charge in [0.2, 0.25) is 5.91 Å². The maximum Gasteiger partial charge on any atom is 0.232 e. The molecule has 3 nitrogen and oxygen atoms in total. The zero-order valence-corrected chi connectivity index (χ0v) is 9.71. The van der Waals surface area contributed by atoms with Gasteiger partial charge in [-0.15, -0.1) is 0 Å². The first kappa shape index (κ1) is 12.4. The van der Waals surface area contributed by atoms with E-state index in [-0.39, 0.29) is 16.4 Å². The molecule has 0 rings (SSSR count). The van der Waals surface area contributed by atoms with Crippen LogP contribution in [0.25, 0.3) is 0 Å². The first-order valence-electron chi connectivity index (χ1n) is 4.20. The number of nitrogens with two attached hydrogens (primary N) is 1. The second-order valence-electron chi connectivity index (χ2n) is 4.69. The molecule has 0 fully saturated rings. The van der Waals surface area contributed by atoms with Gasteiger partial charge in [0.25, 0.3) is 0 Å². The lowest BCUT2D eigenvalue weighted by Crippen LogP contribution is -2.51. The van der Waals surface area contributed by atoms with Gasteiger partial charge in [0.1, 0.15) is 0 Å². The molecule has 4 heteroatoms. The molecule has 0 aromatic carbocycles. The van der Waals surface area contributed by atoms with Gasteiger partial charge in [0.05, 0.1) is 10.4 Å². The average molecular weight is 202 g/mol. The van der Waals surface area contributed by atoms with Crippen molar-refractivity contribution in [1.29, 1.82) is 0 Å². The van der Waals surface area contributed by atoms with Crippen LogP contribution in [-0.4, -0.2) is 16.4 Å². The summed E-state index contributed by atoms with van der Waals surface area (Å²) in [5.41, 5.74) is 4.43. The van der Waals surface area contributed by atoms with Crippen LogP contribution < -0.4 is 11.1 Å². The highest BCUT2D eigenvalue weighted by Gasteiger charge is 2.32. The summed E-state index contributed by atoms with van der Waals surface area (Å²) in [5, 5.41) is 2.83. The summed E-state index contributed by atoms with van der Waals surface area (Å²) < 4.78 is 0. The predicted molar refractivity (Wildman–Crippen MR) is 58.5 cm³/mol. The smallest absolute Gasteiger partial charge is 0.232 e. The maximum atomic E-state index is 11.6. The molecule has 0 unspecified atom stereocenters. The SMILES string of the molecule is CC(C)(C)NC(=O)C(C)(C)C(N)=S. The zero-order chi connectivity index (χ0) is 10.9. The standard InChI is InChI=1S/C9H18N2OS/c1-8(2,3)11-7(12)9(4,5)6(10)13/h1-5H3,(H2,10,13)(H,11,12). The lowest BCUT2D eigenvalue weighted by atomic mass is 9.91.